The number of hydrogen-bond donors (Lipinski definition) is 1. The fourth-order valence-electron chi connectivity index (χ4n) is 2.92. The molecule has 3 rings (SSSR count). The summed E-state index contributed by atoms with van der Waals surface area (Å²) in [5.41, 5.74) is 7.12. The van der Waals surface area contributed by atoms with E-state index < -0.39 is 0 Å². The van der Waals surface area contributed by atoms with Gasteiger partial charge in [0, 0.05) is 36.1 Å². The third-order valence-corrected chi connectivity index (χ3v) is 4.70. The lowest BCUT2D eigenvalue weighted by Crippen LogP contribution is -2.27. The van der Waals surface area contributed by atoms with E-state index >= 15 is 0 Å². The summed E-state index contributed by atoms with van der Waals surface area (Å²) in [5, 5.41) is 0.662. The molecule has 1 aliphatic rings. The van der Waals surface area contributed by atoms with Crippen LogP contribution in [0.3, 0.4) is 0 Å². The number of nitrogens with zero attached hydrogens (tertiary/aromatic N) is 3. The summed E-state index contributed by atoms with van der Waals surface area (Å²) in [6, 6.07) is 4.78. The van der Waals surface area contributed by atoms with Crippen LogP contribution in [0.2, 0.25) is 0 Å². The highest BCUT2D eigenvalue weighted by Crippen LogP contribution is 2.32. The van der Waals surface area contributed by atoms with Gasteiger partial charge in [-0.1, -0.05) is 12.8 Å². The fraction of sp³-hybridized carbons (Fsp3) is 0.467. The smallest absolute Gasteiger partial charge is 0.180 e. The second-order valence-corrected chi connectivity index (χ2v) is 6.43. The van der Waals surface area contributed by atoms with E-state index in [1.54, 1.807) is 11.3 Å². The summed E-state index contributed by atoms with van der Waals surface area (Å²) in [6.45, 7) is 2.09. The number of anilines is 1. The van der Waals surface area contributed by atoms with E-state index in [0.29, 0.717) is 11.2 Å². The third kappa shape index (κ3) is 3.16. The molecule has 2 aromatic rings. The zero-order chi connectivity index (χ0) is 13.8. The first-order valence-corrected chi connectivity index (χ1v) is 7.99. The molecule has 1 unspecified atom stereocenters. The van der Waals surface area contributed by atoms with Crippen molar-refractivity contribution < 1.29 is 0 Å². The van der Waals surface area contributed by atoms with Gasteiger partial charge in [0.2, 0.25) is 0 Å². The molecule has 2 N–H and O–H groups in total. The molecule has 2 aromatic heterocycles. The van der Waals surface area contributed by atoms with E-state index in [0.717, 1.165) is 13.1 Å². The Bertz CT molecular complexity index is 540. The van der Waals surface area contributed by atoms with Crippen molar-refractivity contribution in [3.8, 4) is 0 Å². The van der Waals surface area contributed by atoms with Crippen LogP contribution in [0.1, 0.15) is 42.2 Å². The minimum absolute atomic E-state index is 0.490. The van der Waals surface area contributed by atoms with Gasteiger partial charge in [0.1, 0.15) is 0 Å². The minimum atomic E-state index is 0.490. The lowest BCUT2D eigenvalue weighted by molar-refractivity contribution is 0.194. The number of rotatable bonds is 3. The standard InChI is InChI=1S/C15H20N4S/c16-15-18-10-13(20-15)11-19-9-3-1-2-4-14(19)12-5-7-17-8-6-12/h5-8,10,14H,1-4,9,11H2,(H2,16,18). The molecule has 0 aromatic carbocycles. The van der Waals surface area contributed by atoms with Gasteiger partial charge in [-0.25, -0.2) is 4.98 Å². The van der Waals surface area contributed by atoms with Crippen LogP contribution in [0.15, 0.2) is 30.7 Å². The Labute approximate surface area is 123 Å². The van der Waals surface area contributed by atoms with Gasteiger partial charge in [0.15, 0.2) is 5.13 Å². The van der Waals surface area contributed by atoms with Crippen LogP contribution in [-0.4, -0.2) is 21.4 Å². The van der Waals surface area contributed by atoms with Gasteiger partial charge < -0.3 is 5.73 Å². The molecule has 4 nitrogen and oxygen atoms in total. The molecule has 0 aliphatic carbocycles. The second kappa shape index (κ2) is 6.33. The Hall–Kier alpha value is -1.46. The Morgan fingerprint density at radius 1 is 1.25 bits per heavy atom. The number of thiazole rings is 1. The number of nitrogen functional groups attached to an aromatic ring is 1. The first kappa shape index (κ1) is 13.5. The van der Waals surface area contributed by atoms with Gasteiger partial charge in [0.25, 0.3) is 0 Å². The topological polar surface area (TPSA) is 55.0 Å². The first-order chi connectivity index (χ1) is 9.83. The van der Waals surface area contributed by atoms with Gasteiger partial charge in [0.05, 0.1) is 0 Å². The summed E-state index contributed by atoms with van der Waals surface area (Å²) in [5.74, 6) is 0. The Morgan fingerprint density at radius 2 is 2.10 bits per heavy atom. The molecule has 5 heteroatoms. The quantitative estimate of drug-likeness (QED) is 0.942. The predicted molar refractivity (Wildman–Crippen MR) is 82.4 cm³/mol. The highest BCUT2D eigenvalue weighted by molar-refractivity contribution is 7.15. The minimum Gasteiger partial charge on any atom is -0.375 e. The molecule has 0 amide bonds. The van der Waals surface area contributed by atoms with Crippen LogP contribution in [-0.2, 0) is 6.54 Å². The van der Waals surface area contributed by atoms with Crippen molar-refractivity contribution in [2.75, 3.05) is 12.3 Å². The van der Waals surface area contributed by atoms with Crippen LogP contribution in [0.25, 0.3) is 0 Å². The monoisotopic (exact) mass is 288 g/mol. The molecule has 1 atom stereocenters. The molecule has 3 heterocycles. The molecule has 0 spiro atoms. The van der Waals surface area contributed by atoms with Crippen molar-refractivity contribution in [2.45, 2.75) is 38.3 Å². The highest BCUT2D eigenvalue weighted by Gasteiger charge is 2.23. The Morgan fingerprint density at radius 3 is 2.85 bits per heavy atom. The molecule has 1 fully saturated rings. The van der Waals surface area contributed by atoms with E-state index in [1.807, 2.05) is 18.6 Å². The summed E-state index contributed by atoms with van der Waals surface area (Å²) < 4.78 is 0. The Kier molecular flexibility index (Phi) is 4.28. The average molecular weight is 288 g/mol. The van der Waals surface area contributed by atoms with Crippen molar-refractivity contribution in [3.63, 3.8) is 0 Å². The Balaban J connectivity index is 1.80. The largest absolute Gasteiger partial charge is 0.375 e. The van der Waals surface area contributed by atoms with Crippen LogP contribution in [0.5, 0.6) is 0 Å². The zero-order valence-corrected chi connectivity index (χ0v) is 12.4. The van der Waals surface area contributed by atoms with Crippen molar-refractivity contribution in [1.29, 1.82) is 0 Å². The highest BCUT2D eigenvalue weighted by atomic mass is 32.1. The van der Waals surface area contributed by atoms with Gasteiger partial charge in [-0.3, -0.25) is 9.88 Å². The predicted octanol–water partition coefficient (Wildman–Crippen LogP) is 3.24. The molecule has 106 valence electrons. The van der Waals surface area contributed by atoms with E-state index in [4.69, 9.17) is 5.73 Å². The van der Waals surface area contributed by atoms with Gasteiger partial charge in [-0.2, -0.15) is 0 Å². The van der Waals surface area contributed by atoms with Crippen molar-refractivity contribution in [1.82, 2.24) is 14.9 Å². The van der Waals surface area contributed by atoms with Crippen molar-refractivity contribution in [2.24, 2.45) is 0 Å². The first-order valence-electron chi connectivity index (χ1n) is 7.17. The number of hydrogen-bond acceptors (Lipinski definition) is 5. The maximum Gasteiger partial charge on any atom is 0.180 e. The van der Waals surface area contributed by atoms with Gasteiger partial charge in [-0.15, -0.1) is 11.3 Å². The van der Waals surface area contributed by atoms with Crippen LogP contribution >= 0.6 is 11.3 Å². The maximum atomic E-state index is 5.74. The number of aromatic nitrogens is 2. The van der Waals surface area contributed by atoms with Crippen molar-refractivity contribution in [3.05, 3.63) is 41.2 Å². The second-order valence-electron chi connectivity index (χ2n) is 5.28. The molecule has 0 bridgehead atoms. The molecular weight excluding hydrogens is 268 g/mol. The van der Waals surface area contributed by atoms with Crippen LogP contribution in [0, 0.1) is 0 Å². The number of pyridine rings is 1. The van der Waals surface area contributed by atoms with E-state index in [2.05, 4.69) is 27.0 Å². The third-order valence-electron chi connectivity index (χ3n) is 3.88. The number of likely N-dealkylation sites (tertiary alicyclic amines) is 1. The normalized spacial score (nSPS) is 20.7. The van der Waals surface area contributed by atoms with Crippen molar-refractivity contribution >= 4 is 16.5 Å². The zero-order valence-electron chi connectivity index (χ0n) is 11.5. The lowest BCUT2D eigenvalue weighted by atomic mass is 10.0. The van der Waals surface area contributed by atoms with E-state index in [-0.39, 0.29) is 0 Å². The molecule has 0 radical (unpaired) electrons. The van der Waals surface area contributed by atoms with Crippen LogP contribution in [0.4, 0.5) is 5.13 Å². The van der Waals surface area contributed by atoms with Gasteiger partial charge >= 0.3 is 0 Å². The SMILES string of the molecule is Nc1ncc(CN2CCCCCC2c2ccncc2)s1. The molecule has 1 aliphatic heterocycles. The van der Waals surface area contributed by atoms with Gasteiger partial charge in [-0.05, 0) is 37.1 Å². The van der Waals surface area contributed by atoms with Crippen LogP contribution < -0.4 is 5.73 Å². The fourth-order valence-corrected chi connectivity index (χ4v) is 3.63. The number of nitrogens with two attached hydrogens (primary N) is 1. The molecular formula is C15H20N4S. The lowest BCUT2D eigenvalue weighted by Gasteiger charge is -2.29. The molecule has 1 saturated heterocycles. The maximum absolute atomic E-state index is 5.74. The summed E-state index contributed by atoms with van der Waals surface area (Å²) in [6.07, 6.45) is 10.8. The van der Waals surface area contributed by atoms with E-state index in [1.165, 1.54) is 36.1 Å². The molecule has 20 heavy (non-hydrogen) atoms. The summed E-state index contributed by atoms with van der Waals surface area (Å²) >= 11 is 1.60. The summed E-state index contributed by atoms with van der Waals surface area (Å²) in [7, 11) is 0. The summed E-state index contributed by atoms with van der Waals surface area (Å²) in [4.78, 5) is 12.1. The molecule has 0 saturated carbocycles. The van der Waals surface area contributed by atoms with E-state index in [9.17, 15) is 0 Å². The average Bonchev–Trinajstić information content (AvgIpc) is 2.74.